The average molecular weight is 224 g/mol. The lowest BCUT2D eigenvalue weighted by molar-refractivity contribution is -0.140. The van der Waals surface area contributed by atoms with E-state index in [2.05, 4.69) is 23.8 Å². The Kier molecular flexibility index (Phi) is 5.26. The van der Waals surface area contributed by atoms with E-state index in [4.69, 9.17) is 0 Å². The second kappa shape index (κ2) is 6.51. The zero-order chi connectivity index (χ0) is 11.1. The van der Waals surface area contributed by atoms with Gasteiger partial charge in [-0.1, -0.05) is 25.1 Å². The maximum atomic E-state index is 11.1. The SMILES string of the molecule is CCC(CC(=O)OC)Sc1ccccc1. The minimum Gasteiger partial charge on any atom is -0.469 e. The van der Waals surface area contributed by atoms with E-state index < -0.39 is 0 Å². The molecule has 0 radical (unpaired) electrons. The number of rotatable bonds is 5. The molecule has 0 aromatic heterocycles. The molecule has 0 spiro atoms. The third-order valence-corrected chi connectivity index (χ3v) is 3.50. The largest absolute Gasteiger partial charge is 0.469 e. The first-order valence-corrected chi connectivity index (χ1v) is 5.92. The Morgan fingerprint density at radius 3 is 2.60 bits per heavy atom. The summed E-state index contributed by atoms with van der Waals surface area (Å²) in [5.74, 6) is -0.134. The molecule has 1 unspecified atom stereocenters. The van der Waals surface area contributed by atoms with E-state index in [-0.39, 0.29) is 5.97 Å². The molecule has 0 bridgehead atoms. The highest BCUT2D eigenvalue weighted by atomic mass is 32.2. The number of benzene rings is 1. The van der Waals surface area contributed by atoms with Gasteiger partial charge in [0.25, 0.3) is 0 Å². The fourth-order valence-electron chi connectivity index (χ4n) is 1.23. The lowest BCUT2D eigenvalue weighted by Crippen LogP contribution is -2.10. The Morgan fingerprint density at radius 2 is 2.07 bits per heavy atom. The molecule has 0 aliphatic carbocycles. The molecular weight excluding hydrogens is 208 g/mol. The quantitative estimate of drug-likeness (QED) is 0.568. The number of methoxy groups -OCH3 is 1. The first kappa shape index (κ1) is 12.1. The summed E-state index contributed by atoms with van der Waals surface area (Å²) in [4.78, 5) is 12.3. The van der Waals surface area contributed by atoms with Crippen LogP contribution in [0.25, 0.3) is 0 Å². The van der Waals surface area contributed by atoms with Crippen molar-refractivity contribution in [1.82, 2.24) is 0 Å². The molecule has 1 aromatic carbocycles. The van der Waals surface area contributed by atoms with Crippen LogP contribution in [0.1, 0.15) is 19.8 Å². The number of esters is 1. The van der Waals surface area contributed by atoms with Crippen molar-refractivity contribution in [3.63, 3.8) is 0 Å². The third kappa shape index (κ3) is 4.38. The molecule has 82 valence electrons. The number of thioether (sulfide) groups is 1. The van der Waals surface area contributed by atoms with Crippen LogP contribution in [0.3, 0.4) is 0 Å². The Labute approximate surface area is 95.0 Å². The van der Waals surface area contributed by atoms with Gasteiger partial charge < -0.3 is 4.74 Å². The van der Waals surface area contributed by atoms with Gasteiger partial charge in [-0.3, -0.25) is 4.79 Å². The third-order valence-electron chi connectivity index (χ3n) is 2.12. The first-order valence-electron chi connectivity index (χ1n) is 5.04. The number of hydrogen-bond acceptors (Lipinski definition) is 3. The molecule has 3 heteroatoms. The van der Waals surface area contributed by atoms with Crippen LogP contribution < -0.4 is 0 Å². The van der Waals surface area contributed by atoms with Crippen molar-refractivity contribution in [2.45, 2.75) is 29.9 Å². The van der Waals surface area contributed by atoms with E-state index in [9.17, 15) is 4.79 Å². The molecule has 0 saturated heterocycles. The van der Waals surface area contributed by atoms with Crippen molar-refractivity contribution in [3.05, 3.63) is 30.3 Å². The number of ether oxygens (including phenoxy) is 1. The summed E-state index contributed by atoms with van der Waals surface area (Å²) in [7, 11) is 1.43. The minimum atomic E-state index is -0.134. The van der Waals surface area contributed by atoms with E-state index >= 15 is 0 Å². The monoisotopic (exact) mass is 224 g/mol. The summed E-state index contributed by atoms with van der Waals surface area (Å²) in [6.07, 6.45) is 1.45. The van der Waals surface area contributed by atoms with Crippen LogP contribution in [0.15, 0.2) is 35.2 Å². The summed E-state index contributed by atoms with van der Waals surface area (Å²) in [6.45, 7) is 2.09. The van der Waals surface area contributed by atoms with Crippen LogP contribution in [0, 0.1) is 0 Å². The Morgan fingerprint density at radius 1 is 1.40 bits per heavy atom. The normalized spacial score (nSPS) is 12.1. The average Bonchev–Trinajstić information content (AvgIpc) is 2.29. The minimum absolute atomic E-state index is 0.134. The van der Waals surface area contributed by atoms with Crippen LogP contribution in [0.4, 0.5) is 0 Å². The highest BCUT2D eigenvalue weighted by Gasteiger charge is 2.13. The van der Waals surface area contributed by atoms with Gasteiger partial charge in [-0.05, 0) is 18.6 Å². The van der Waals surface area contributed by atoms with Gasteiger partial charge in [-0.25, -0.2) is 0 Å². The maximum absolute atomic E-state index is 11.1. The smallest absolute Gasteiger partial charge is 0.306 e. The van der Waals surface area contributed by atoms with Crippen molar-refractivity contribution in [3.8, 4) is 0 Å². The van der Waals surface area contributed by atoms with Gasteiger partial charge in [0, 0.05) is 10.1 Å². The molecule has 1 atom stereocenters. The van der Waals surface area contributed by atoms with Crippen molar-refractivity contribution in [2.75, 3.05) is 7.11 Å². The van der Waals surface area contributed by atoms with E-state index in [0.29, 0.717) is 11.7 Å². The summed E-state index contributed by atoms with van der Waals surface area (Å²) < 4.78 is 4.67. The summed E-state index contributed by atoms with van der Waals surface area (Å²) >= 11 is 1.73. The molecule has 0 N–H and O–H groups in total. The highest BCUT2D eigenvalue weighted by molar-refractivity contribution is 8.00. The summed E-state index contributed by atoms with van der Waals surface area (Å²) in [5, 5.41) is 0.305. The predicted molar refractivity (Wildman–Crippen MR) is 63.0 cm³/mol. The molecular formula is C12H16O2S. The van der Waals surface area contributed by atoms with Crippen LogP contribution in [-0.4, -0.2) is 18.3 Å². The Bertz CT molecular complexity index is 298. The molecule has 0 saturated carbocycles. The fraction of sp³-hybridized carbons (Fsp3) is 0.417. The van der Waals surface area contributed by atoms with Crippen LogP contribution >= 0.6 is 11.8 Å². The van der Waals surface area contributed by atoms with Gasteiger partial charge in [-0.2, -0.15) is 0 Å². The highest BCUT2D eigenvalue weighted by Crippen LogP contribution is 2.27. The second-order valence-electron chi connectivity index (χ2n) is 3.24. The molecule has 0 amide bonds. The molecule has 15 heavy (non-hydrogen) atoms. The van der Waals surface area contributed by atoms with Crippen molar-refractivity contribution >= 4 is 17.7 Å². The Hall–Kier alpha value is -0.960. The topological polar surface area (TPSA) is 26.3 Å². The Balaban J connectivity index is 2.50. The molecule has 0 aliphatic rings. The number of hydrogen-bond donors (Lipinski definition) is 0. The van der Waals surface area contributed by atoms with Crippen molar-refractivity contribution in [2.24, 2.45) is 0 Å². The summed E-state index contributed by atoms with van der Waals surface area (Å²) in [5.41, 5.74) is 0. The number of carbonyl (C=O) groups excluding carboxylic acids is 1. The van der Waals surface area contributed by atoms with Crippen LogP contribution in [0.5, 0.6) is 0 Å². The lowest BCUT2D eigenvalue weighted by atomic mass is 10.2. The standard InChI is InChI=1S/C12H16O2S/c1-3-10(9-12(13)14-2)15-11-7-5-4-6-8-11/h4-8,10H,3,9H2,1-2H3. The zero-order valence-corrected chi connectivity index (χ0v) is 9.92. The van der Waals surface area contributed by atoms with E-state index in [0.717, 1.165) is 6.42 Å². The van der Waals surface area contributed by atoms with Gasteiger partial charge in [-0.15, -0.1) is 11.8 Å². The van der Waals surface area contributed by atoms with Gasteiger partial charge in [0.15, 0.2) is 0 Å². The zero-order valence-electron chi connectivity index (χ0n) is 9.10. The molecule has 2 nitrogen and oxygen atoms in total. The molecule has 0 fully saturated rings. The molecule has 1 rings (SSSR count). The second-order valence-corrected chi connectivity index (χ2v) is 4.62. The van der Waals surface area contributed by atoms with E-state index in [1.807, 2.05) is 18.2 Å². The molecule has 0 aliphatic heterocycles. The first-order chi connectivity index (χ1) is 7.26. The van der Waals surface area contributed by atoms with Gasteiger partial charge in [0.1, 0.15) is 0 Å². The van der Waals surface area contributed by atoms with Gasteiger partial charge in [0.05, 0.1) is 13.5 Å². The van der Waals surface area contributed by atoms with Crippen molar-refractivity contribution < 1.29 is 9.53 Å². The fourth-order valence-corrected chi connectivity index (χ4v) is 2.32. The van der Waals surface area contributed by atoms with Gasteiger partial charge >= 0.3 is 5.97 Å². The lowest BCUT2D eigenvalue weighted by Gasteiger charge is -2.12. The number of carbonyl (C=O) groups is 1. The summed E-state index contributed by atoms with van der Waals surface area (Å²) in [6, 6.07) is 10.1. The van der Waals surface area contributed by atoms with Gasteiger partial charge in [0.2, 0.25) is 0 Å². The molecule has 0 heterocycles. The van der Waals surface area contributed by atoms with E-state index in [1.165, 1.54) is 12.0 Å². The van der Waals surface area contributed by atoms with Crippen LogP contribution in [0.2, 0.25) is 0 Å². The van der Waals surface area contributed by atoms with Crippen LogP contribution in [-0.2, 0) is 9.53 Å². The molecule has 1 aromatic rings. The maximum Gasteiger partial charge on any atom is 0.306 e. The van der Waals surface area contributed by atoms with Crippen molar-refractivity contribution in [1.29, 1.82) is 0 Å². The van der Waals surface area contributed by atoms with E-state index in [1.54, 1.807) is 11.8 Å². The predicted octanol–water partition coefficient (Wildman–Crippen LogP) is 3.12.